The van der Waals surface area contributed by atoms with Crippen molar-refractivity contribution in [2.24, 2.45) is 5.92 Å². The monoisotopic (exact) mass is 356 g/mol. The molecule has 2 amide bonds. The van der Waals surface area contributed by atoms with Crippen LogP contribution in [0.2, 0.25) is 0 Å². The Bertz CT molecular complexity index is 788. The fourth-order valence-electron chi connectivity index (χ4n) is 2.84. The summed E-state index contributed by atoms with van der Waals surface area (Å²) in [5.74, 6) is -0.706. The lowest BCUT2D eigenvalue weighted by Crippen LogP contribution is -2.44. The van der Waals surface area contributed by atoms with Gasteiger partial charge in [-0.05, 0) is 67.1 Å². The Labute approximate surface area is 151 Å². The highest BCUT2D eigenvalue weighted by Crippen LogP contribution is 2.34. The highest BCUT2D eigenvalue weighted by molar-refractivity contribution is 6.39. The molecule has 26 heavy (non-hydrogen) atoms. The summed E-state index contributed by atoms with van der Waals surface area (Å²) in [7, 11) is 1.61. The lowest BCUT2D eigenvalue weighted by Gasteiger charge is -2.18. The summed E-state index contributed by atoms with van der Waals surface area (Å²) in [5, 5.41) is 5.31. The molecule has 1 aliphatic rings. The third kappa shape index (κ3) is 4.81. The molecule has 0 radical (unpaired) electrons. The van der Waals surface area contributed by atoms with Crippen LogP contribution in [0.3, 0.4) is 0 Å². The zero-order chi connectivity index (χ0) is 18.5. The molecular weight excluding hydrogens is 335 g/mol. The van der Waals surface area contributed by atoms with Crippen molar-refractivity contribution >= 4 is 17.5 Å². The van der Waals surface area contributed by atoms with Gasteiger partial charge in [0.2, 0.25) is 0 Å². The van der Waals surface area contributed by atoms with E-state index in [2.05, 4.69) is 10.6 Å². The minimum Gasteiger partial charge on any atom is -0.497 e. The molecule has 0 bridgehead atoms. The first kappa shape index (κ1) is 17.9. The van der Waals surface area contributed by atoms with Crippen LogP contribution in [-0.4, -0.2) is 25.0 Å². The average molecular weight is 356 g/mol. The first-order valence-electron chi connectivity index (χ1n) is 8.55. The number of ether oxygens (including phenoxy) is 1. The topological polar surface area (TPSA) is 67.4 Å². The number of carbonyl (C=O) groups is 2. The van der Waals surface area contributed by atoms with Gasteiger partial charge in [0, 0.05) is 11.7 Å². The molecule has 1 fully saturated rings. The molecule has 0 unspecified atom stereocenters. The third-order valence-electron chi connectivity index (χ3n) is 4.41. The Hall–Kier alpha value is -2.89. The van der Waals surface area contributed by atoms with Gasteiger partial charge in [0.05, 0.1) is 7.11 Å². The van der Waals surface area contributed by atoms with Crippen molar-refractivity contribution < 1.29 is 18.7 Å². The maximum atomic E-state index is 12.9. The molecule has 0 spiro atoms. The molecular formula is C20H21FN2O3. The van der Waals surface area contributed by atoms with Crippen LogP contribution in [0.5, 0.6) is 5.75 Å². The van der Waals surface area contributed by atoms with E-state index >= 15 is 0 Å². The van der Waals surface area contributed by atoms with Gasteiger partial charge in [0.15, 0.2) is 0 Å². The van der Waals surface area contributed by atoms with Crippen molar-refractivity contribution in [3.63, 3.8) is 0 Å². The van der Waals surface area contributed by atoms with E-state index in [1.165, 1.54) is 24.3 Å². The molecule has 0 saturated heterocycles. The molecule has 5 nitrogen and oxygen atoms in total. The number of halogens is 1. The molecule has 1 atom stereocenters. The van der Waals surface area contributed by atoms with Crippen LogP contribution in [0.4, 0.5) is 10.1 Å². The van der Waals surface area contributed by atoms with E-state index in [0.717, 1.165) is 24.2 Å². The fourth-order valence-corrected chi connectivity index (χ4v) is 2.84. The van der Waals surface area contributed by atoms with Gasteiger partial charge in [-0.3, -0.25) is 9.59 Å². The van der Waals surface area contributed by atoms with Gasteiger partial charge < -0.3 is 15.4 Å². The number of amides is 2. The number of rotatable bonds is 6. The van der Waals surface area contributed by atoms with E-state index in [9.17, 15) is 14.0 Å². The Morgan fingerprint density at radius 1 is 1.15 bits per heavy atom. The largest absolute Gasteiger partial charge is 0.497 e. The summed E-state index contributed by atoms with van der Waals surface area (Å²) < 4.78 is 18.1. The minimum atomic E-state index is -0.757. The summed E-state index contributed by atoms with van der Waals surface area (Å²) in [5.41, 5.74) is 1.42. The first-order chi connectivity index (χ1) is 12.5. The average Bonchev–Trinajstić information content (AvgIpc) is 3.48. The Kier molecular flexibility index (Phi) is 5.51. The highest BCUT2D eigenvalue weighted by atomic mass is 19.1. The predicted octanol–water partition coefficient (Wildman–Crippen LogP) is 2.91. The number of benzene rings is 2. The van der Waals surface area contributed by atoms with Gasteiger partial charge in [-0.25, -0.2) is 4.39 Å². The Morgan fingerprint density at radius 3 is 2.54 bits per heavy atom. The molecule has 1 aliphatic carbocycles. The SMILES string of the molecule is COc1cccc(C[C@H](NC(=O)C(=O)Nc2ccc(F)cc2)C2CC2)c1. The smallest absolute Gasteiger partial charge is 0.313 e. The summed E-state index contributed by atoms with van der Waals surface area (Å²) in [6.07, 6.45) is 2.71. The second-order valence-electron chi connectivity index (χ2n) is 6.43. The number of methoxy groups -OCH3 is 1. The number of anilines is 1. The van der Waals surface area contributed by atoms with Crippen LogP contribution >= 0.6 is 0 Å². The van der Waals surface area contributed by atoms with Gasteiger partial charge in [-0.2, -0.15) is 0 Å². The maximum Gasteiger partial charge on any atom is 0.313 e. The maximum absolute atomic E-state index is 12.9. The van der Waals surface area contributed by atoms with E-state index in [-0.39, 0.29) is 6.04 Å². The van der Waals surface area contributed by atoms with Gasteiger partial charge in [0.25, 0.3) is 0 Å². The Morgan fingerprint density at radius 2 is 1.88 bits per heavy atom. The van der Waals surface area contributed by atoms with E-state index < -0.39 is 17.6 Å². The van der Waals surface area contributed by atoms with Crippen molar-refractivity contribution in [3.05, 3.63) is 59.9 Å². The molecule has 0 heterocycles. The van der Waals surface area contributed by atoms with Gasteiger partial charge >= 0.3 is 11.8 Å². The molecule has 2 aromatic rings. The molecule has 1 saturated carbocycles. The summed E-state index contributed by atoms with van der Waals surface area (Å²) >= 11 is 0. The number of hydrogen-bond acceptors (Lipinski definition) is 3. The number of carbonyl (C=O) groups excluding carboxylic acids is 2. The molecule has 0 aromatic heterocycles. The second kappa shape index (κ2) is 7.99. The van der Waals surface area contributed by atoms with Crippen molar-refractivity contribution in [1.82, 2.24) is 5.32 Å². The van der Waals surface area contributed by atoms with Crippen LogP contribution in [0.1, 0.15) is 18.4 Å². The van der Waals surface area contributed by atoms with Crippen LogP contribution in [0, 0.1) is 11.7 Å². The van der Waals surface area contributed by atoms with E-state index in [4.69, 9.17) is 4.74 Å². The zero-order valence-corrected chi connectivity index (χ0v) is 14.5. The molecule has 3 rings (SSSR count). The first-order valence-corrected chi connectivity index (χ1v) is 8.55. The standard InChI is InChI=1S/C20H21FN2O3/c1-26-17-4-2-3-13(11-17)12-18(14-5-6-14)23-20(25)19(24)22-16-9-7-15(21)8-10-16/h2-4,7-11,14,18H,5-6,12H2,1H3,(H,22,24)(H,23,25)/t18-/m0/s1. The van der Waals surface area contributed by atoms with Gasteiger partial charge in [0.1, 0.15) is 11.6 Å². The third-order valence-corrected chi connectivity index (χ3v) is 4.41. The van der Waals surface area contributed by atoms with Crippen molar-refractivity contribution in [2.75, 3.05) is 12.4 Å². The highest BCUT2D eigenvalue weighted by Gasteiger charge is 2.33. The van der Waals surface area contributed by atoms with Gasteiger partial charge in [-0.15, -0.1) is 0 Å². The van der Waals surface area contributed by atoms with Crippen molar-refractivity contribution in [3.8, 4) is 5.75 Å². The molecule has 136 valence electrons. The predicted molar refractivity (Wildman–Crippen MR) is 96.4 cm³/mol. The van der Waals surface area contributed by atoms with Gasteiger partial charge in [-0.1, -0.05) is 12.1 Å². The van der Waals surface area contributed by atoms with E-state index in [1.807, 2.05) is 24.3 Å². The zero-order valence-electron chi connectivity index (χ0n) is 14.5. The molecule has 2 aromatic carbocycles. The fraction of sp³-hybridized carbons (Fsp3) is 0.300. The molecule has 6 heteroatoms. The summed E-state index contributed by atoms with van der Waals surface area (Å²) in [6, 6.07) is 12.8. The Balaban J connectivity index is 1.61. The summed E-state index contributed by atoms with van der Waals surface area (Å²) in [6.45, 7) is 0. The molecule has 0 aliphatic heterocycles. The lowest BCUT2D eigenvalue weighted by atomic mass is 10.0. The quantitative estimate of drug-likeness (QED) is 0.782. The van der Waals surface area contributed by atoms with Crippen molar-refractivity contribution in [1.29, 1.82) is 0 Å². The van der Waals surface area contributed by atoms with Crippen LogP contribution < -0.4 is 15.4 Å². The second-order valence-corrected chi connectivity index (χ2v) is 6.43. The van der Waals surface area contributed by atoms with Crippen LogP contribution in [-0.2, 0) is 16.0 Å². The number of hydrogen-bond donors (Lipinski definition) is 2. The van der Waals surface area contributed by atoms with Crippen molar-refractivity contribution in [2.45, 2.75) is 25.3 Å². The van der Waals surface area contributed by atoms with E-state index in [1.54, 1.807) is 7.11 Å². The van der Waals surface area contributed by atoms with Crippen LogP contribution in [0.25, 0.3) is 0 Å². The van der Waals surface area contributed by atoms with Crippen LogP contribution in [0.15, 0.2) is 48.5 Å². The normalized spacial score (nSPS) is 14.4. The van der Waals surface area contributed by atoms with E-state index in [0.29, 0.717) is 18.0 Å². The summed E-state index contributed by atoms with van der Waals surface area (Å²) in [4.78, 5) is 24.3. The lowest BCUT2D eigenvalue weighted by molar-refractivity contribution is -0.136. The minimum absolute atomic E-state index is 0.103. The number of nitrogens with one attached hydrogen (secondary N) is 2. The molecule has 2 N–H and O–H groups in total.